The number of likely N-dealkylation sites (N-methyl/N-ethyl adjacent to an activating group) is 1. The Kier molecular flexibility index (Phi) is 4.89. The first kappa shape index (κ1) is 15.0. The Morgan fingerprint density at radius 3 is 2.71 bits per heavy atom. The second-order valence-corrected chi connectivity index (χ2v) is 4.76. The van der Waals surface area contributed by atoms with Crippen molar-refractivity contribution in [2.75, 3.05) is 18.0 Å². The second-order valence-electron chi connectivity index (χ2n) is 4.76. The van der Waals surface area contributed by atoms with Crippen molar-refractivity contribution >= 4 is 11.6 Å². The Morgan fingerprint density at radius 1 is 1.38 bits per heavy atom. The highest BCUT2D eigenvalue weighted by Crippen LogP contribution is 2.14. The number of amides is 1. The molecule has 0 aliphatic carbocycles. The first-order valence-corrected chi connectivity index (χ1v) is 6.86. The van der Waals surface area contributed by atoms with E-state index in [9.17, 15) is 4.79 Å². The van der Waals surface area contributed by atoms with Crippen molar-refractivity contribution in [2.24, 2.45) is 5.84 Å². The molecule has 1 heterocycles. The minimum atomic E-state index is -0.438. The molecule has 0 aliphatic rings. The van der Waals surface area contributed by atoms with Gasteiger partial charge in [0.25, 0.3) is 5.91 Å². The van der Waals surface area contributed by atoms with Gasteiger partial charge in [-0.05, 0) is 26.0 Å². The molecule has 0 saturated heterocycles. The third-order valence-corrected chi connectivity index (χ3v) is 3.28. The lowest BCUT2D eigenvalue weighted by Gasteiger charge is -2.23. The van der Waals surface area contributed by atoms with Crippen molar-refractivity contribution in [3.63, 3.8) is 0 Å². The lowest BCUT2D eigenvalue weighted by atomic mass is 10.2. The molecule has 0 bridgehead atoms. The number of aromatic nitrogens is 3. The van der Waals surface area contributed by atoms with E-state index in [1.807, 2.05) is 5.43 Å². The maximum absolute atomic E-state index is 11.3. The zero-order valence-electron chi connectivity index (χ0n) is 12.3. The Balaban J connectivity index is 1.98. The number of anilines is 1. The molecule has 1 amide bonds. The summed E-state index contributed by atoms with van der Waals surface area (Å²) in [6.45, 7) is 6.50. The van der Waals surface area contributed by atoms with E-state index in [4.69, 9.17) is 5.84 Å². The fraction of sp³-hybridized carbons (Fsp3) is 0.357. The van der Waals surface area contributed by atoms with Crippen molar-refractivity contribution in [3.8, 4) is 0 Å². The van der Waals surface area contributed by atoms with Crippen LogP contribution in [0.4, 0.5) is 5.69 Å². The van der Waals surface area contributed by atoms with Crippen molar-refractivity contribution < 1.29 is 4.79 Å². The SMILES string of the molecule is CCN(CCn1cc(C(=O)NN)nn1)c1ccc(C)cc1. The molecule has 1 aromatic heterocycles. The maximum atomic E-state index is 11.3. The van der Waals surface area contributed by atoms with Gasteiger partial charge in [0, 0.05) is 18.8 Å². The fourth-order valence-electron chi connectivity index (χ4n) is 2.03. The van der Waals surface area contributed by atoms with Crippen molar-refractivity contribution in [2.45, 2.75) is 20.4 Å². The maximum Gasteiger partial charge on any atom is 0.287 e. The van der Waals surface area contributed by atoms with E-state index in [1.165, 1.54) is 11.3 Å². The van der Waals surface area contributed by atoms with Gasteiger partial charge in [0.1, 0.15) is 0 Å². The minimum absolute atomic E-state index is 0.218. The molecule has 0 radical (unpaired) electrons. The van der Waals surface area contributed by atoms with E-state index >= 15 is 0 Å². The van der Waals surface area contributed by atoms with Crippen LogP contribution in [0.2, 0.25) is 0 Å². The van der Waals surface area contributed by atoms with Gasteiger partial charge in [-0.15, -0.1) is 5.10 Å². The van der Waals surface area contributed by atoms with E-state index in [-0.39, 0.29) is 5.69 Å². The average molecular weight is 288 g/mol. The third kappa shape index (κ3) is 3.79. The van der Waals surface area contributed by atoms with Crippen LogP contribution < -0.4 is 16.2 Å². The van der Waals surface area contributed by atoms with Crippen LogP contribution in [0.25, 0.3) is 0 Å². The molecule has 7 nitrogen and oxygen atoms in total. The number of rotatable bonds is 6. The van der Waals surface area contributed by atoms with Crippen LogP contribution in [0.5, 0.6) is 0 Å². The summed E-state index contributed by atoms with van der Waals surface area (Å²) in [6.07, 6.45) is 1.59. The summed E-state index contributed by atoms with van der Waals surface area (Å²) in [5, 5.41) is 7.70. The normalized spacial score (nSPS) is 10.4. The fourth-order valence-corrected chi connectivity index (χ4v) is 2.03. The van der Waals surface area contributed by atoms with Crippen LogP contribution in [-0.4, -0.2) is 34.0 Å². The highest BCUT2D eigenvalue weighted by Gasteiger charge is 2.10. The number of aryl methyl sites for hydroxylation is 1. The Labute approximate surface area is 123 Å². The van der Waals surface area contributed by atoms with Crippen LogP contribution in [0.3, 0.4) is 0 Å². The van der Waals surface area contributed by atoms with Gasteiger partial charge in [0.2, 0.25) is 0 Å². The molecule has 1 aromatic carbocycles. The van der Waals surface area contributed by atoms with Crippen LogP contribution in [0, 0.1) is 6.92 Å². The molecule has 3 N–H and O–H groups in total. The summed E-state index contributed by atoms with van der Waals surface area (Å²) >= 11 is 0. The van der Waals surface area contributed by atoms with Gasteiger partial charge in [-0.3, -0.25) is 10.2 Å². The number of carbonyl (C=O) groups excluding carboxylic acids is 1. The second kappa shape index (κ2) is 6.85. The summed E-state index contributed by atoms with van der Waals surface area (Å²) in [5.41, 5.74) is 4.66. The number of nitrogens with two attached hydrogens (primary N) is 1. The predicted molar refractivity (Wildman–Crippen MR) is 80.7 cm³/mol. The molecule has 112 valence electrons. The summed E-state index contributed by atoms with van der Waals surface area (Å²) < 4.78 is 1.64. The Bertz CT molecular complexity index is 592. The topological polar surface area (TPSA) is 89.1 Å². The van der Waals surface area contributed by atoms with Gasteiger partial charge >= 0.3 is 0 Å². The number of hydrazine groups is 1. The zero-order valence-corrected chi connectivity index (χ0v) is 12.3. The number of nitrogens with zero attached hydrogens (tertiary/aromatic N) is 4. The quantitative estimate of drug-likeness (QED) is 0.464. The summed E-state index contributed by atoms with van der Waals surface area (Å²) in [6, 6.07) is 8.40. The van der Waals surface area contributed by atoms with Crippen molar-refractivity contribution in [1.82, 2.24) is 20.4 Å². The lowest BCUT2D eigenvalue weighted by molar-refractivity contribution is 0.0948. The minimum Gasteiger partial charge on any atom is -0.370 e. The van der Waals surface area contributed by atoms with Crippen molar-refractivity contribution in [3.05, 3.63) is 41.7 Å². The Morgan fingerprint density at radius 2 is 2.10 bits per heavy atom. The molecule has 7 heteroatoms. The highest BCUT2D eigenvalue weighted by molar-refractivity contribution is 5.91. The van der Waals surface area contributed by atoms with Gasteiger partial charge < -0.3 is 4.90 Å². The molecule has 21 heavy (non-hydrogen) atoms. The van der Waals surface area contributed by atoms with Gasteiger partial charge in [-0.1, -0.05) is 22.9 Å². The van der Waals surface area contributed by atoms with Gasteiger partial charge in [0.15, 0.2) is 5.69 Å². The standard InChI is InChI=1S/C14H20N6O/c1-3-19(12-6-4-11(2)5-7-12)8-9-20-10-13(17-18-20)14(21)16-15/h4-7,10H,3,8-9,15H2,1-2H3,(H,16,21). The van der Waals surface area contributed by atoms with E-state index < -0.39 is 5.91 Å². The number of benzene rings is 1. The molecule has 0 unspecified atom stereocenters. The summed E-state index contributed by atoms with van der Waals surface area (Å²) in [4.78, 5) is 13.6. The van der Waals surface area contributed by atoms with E-state index in [2.05, 4.69) is 53.3 Å². The van der Waals surface area contributed by atoms with E-state index in [0.29, 0.717) is 6.54 Å². The van der Waals surface area contributed by atoms with Crippen LogP contribution in [-0.2, 0) is 6.54 Å². The molecular formula is C14H20N6O. The van der Waals surface area contributed by atoms with Gasteiger partial charge in [-0.25, -0.2) is 10.5 Å². The largest absolute Gasteiger partial charge is 0.370 e. The third-order valence-electron chi connectivity index (χ3n) is 3.28. The average Bonchev–Trinajstić information content (AvgIpc) is 2.97. The predicted octanol–water partition coefficient (Wildman–Crippen LogP) is 0.717. The molecule has 0 atom stereocenters. The monoisotopic (exact) mass is 288 g/mol. The molecule has 0 aliphatic heterocycles. The molecular weight excluding hydrogens is 268 g/mol. The number of carbonyl (C=O) groups is 1. The number of nitrogen functional groups attached to an aromatic ring is 1. The highest BCUT2D eigenvalue weighted by atomic mass is 16.2. The molecule has 2 aromatic rings. The van der Waals surface area contributed by atoms with Gasteiger partial charge in [-0.2, -0.15) is 0 Å². The number of nitrogens with one attached hydrogen (secondary N) is 1. The van der Waals surface area contributed by atoms with Crippen molar-refractivity contribution in [1.29, 1.82) is 0 Å². The van der Waals surface area contributed by atoms with Crippen LogP contribution in [0.15, 0.2) is 30.5 Å². The number of hydrogen-bond donors (Lipinski definition) is 2. The first-order chi connectivity index (χ1) is 10.1. The zero-order chi connectivity index (χ0) is 15.2. The summed E-state index contributed by atoms with van der Waals surface area (Å²) in [5.74, 6) is 4.62. The number of hydrogen-bond acceptors (Lipinski definition) is 5. The summed E-state index contributed by atoms with van der Waals surface area (Å²) in [7, 11) is 0. The van der Waals surface area contributed by atoms with Crippen LogP contribution >= 0.6 is 0 Å². The molecule has 2 rings (SSSR count). The van der Waals surface area contributed by atoms with Crippen LogP contribution in [0.1, 0.15) is 23.0 Å². The van der Waals surface area contributed by atoms with E-state index in [0.717, 1.165) is 13.1 Å². The molecule has 0 saturated carbocycles. The van der Waals surface area contributed by atoms with Gasteiger partial charge in [0.05, 0.1) is 12.7 Å². The first-order valence-electron chi connectivity index (χ1n) is 6.86. The molecule has 0 spiro atoms. The lowest BCUT2D eigenvalue weighted by Crippen LogP contribution is -2.30. The Hall–Kier alpha value is -2.41. The van der Waals surface area contributed by atoms with E-state index in [1.54, 1.807) is 10.9 Å². The smallest absolute Gasteiger partial charge is 0.287 e. The molecule has 0 fully saturated rings.